The van der Waals surface area contributed by atoms with Gasteiger partial charge in [0.2, 0.25) is 0 Å². The lowest BCUT2D eigenvalue weighted by Crippen LogP contribution is -2.14. The van der Waals surface area contributed by atoms with Crippen LogP contribution in [0, 0.1) is 5.92 Å². The minimum Gasteiger partial charge on any atom is -0.488 e. The molecule has 0 aliphatic carbocycles. The summed E-state index contributed by atoms with van der Waals surface area (Å²) in [5.74, 6) is 0.389. The van der Waals surface area contributed by atoms with Crippen LogP contribution in [0.4, 0.5) is 0 Å². The van der Waals surface area contributed by atoms with Crippen LogP contribution in [0.3, 0.4) is 0 Å². The fourth-order valence-electron chi connectivity index (χ4n) is 4.05. The molecule has 1 unspecified atom stereocenters. The third-order valence-corrected chi connectivity index (χ3v) is 5.47. The van der Waals surface area contributed by atoms with Crippen molar-refractivity contribution in [3.05, 3.63) is 64.9 Å². The first-order chi connectivity index (χ1) is 15.0. The van der Waals surface area contributed by atoms with Gasteiger partial charge in [0.15, 0.2) is 0 Å². The molecular weight excluding hydrogens is 392 g/mol. The molecule has 0 fully saturated rings. The molecule has 0 saturated heterocycles. The van der Waals surface area contributed by atoms with Gasteiger partial charge in [0.1, 0.15) is 17.9 Å². The number of methoxy groups -OCH3 is 1. The lowest BCUT2D eigenvalue weighted by Gasteiger charge is -2.18. The summed E-state index contributed by atoms with van der Waals surface area (Å²) < 4.78 is 17.2. The number of hydrogen-bond donors (Lipinski definition) is 1. The lowest BCUT2D eigenvalue weighted by molar-refractivity contribution is -0.142. The van der Waals surface area contributed by atoms with Gasteiger partial charge in [0.05, 0.1) is 31.5 Å². The van der Waals surface area contributed by atoms with E-state index >= 15 is 0 Å². The van der Waals surface area contributed by atoms with Crippen molar-refractivity contribution in [1.29, 1.82) is 0 Å². The topological polar surface area (TPSA) is 68.9 Å². The Morgan fingerprint density at radius 2 is 1.94 bits per heavy atom. The predicted octanol–water partition coefficient (Wildman–Crippen LogP) is 5.76. The van der Waals surface area contributed by atoms with Crippen molar-refractivity contribution in [3.8, 4) is 5.75 Å². The van der Waals surface area contributed by atoms with Crippen molar-refractivity contribution in [2.24, 2.45) is 5.92 Å². The molecule has 0 bridgehead atoms. The Hall–Kier alpha value is -2.79. The van der Waals surface area contributed by atoms with Gasteiger partial charge in [-0.05, 0) is 36.0 Å². The van der Waals surface area contributed by atoms with Crippen LogP contribution >= 0.6 is 0 Å². The van der Waals surface area contributed by atoms with Crippen molar-refractivity contribution in [1.82, 2.24) is 0 Å². The molecule has 1 atom stereocenters. The Balaban J connectivity index is 2.11. The van der Waals surface area contributed by atoms with E-state index in [-0.39, 0.29) is 12.6 Å². The molecule has 31 heavy (non-hydrogen) atoms. The first kappa shape index (κ1) is 22.9. The summed E-state index contributed by atoms with van der Waals surface area (Å²) in [7, 11) is 1.41. The van der Waals surface area contributed by atoms with E-state index in [2.05, 4.69) is 19.9 Å². The number of hydrogen-bond acceptors (Lipinski definition) is 5. The Kier molecular flexibility index (Phi) is 7.75. The zero-order chi connectivity index (χ0) is 22.4. The smallest absolute Gasteiger partial charge is 0.313 e. The first-order valence-corrected chi connectivity index (χ1v) is 10.9. The number of carbonyl (C=O) groups excluding carboxylic acids is 1. The van der Waals surface area contributed by atoms with Crippen molar-refractivity contribution < 1.29 is 23.8 Å². The average molecular weight is 425 g/mol. The predicted molar refractivity (Wildman–Crippen MR) is 121 cm³/mol. The highest BCUT2D eigenvalue weighted by Gasteiger charge is 2.27. The highest BCUT2D eigenvalue weighted by atomic mass is 16.5. The fraction of sp³-hybridized carbons (Fsp3) is 0.423. The first-order valence-electron chi connectivity index (χ1n) is 10.9. The maximum Gasteiger partial charge on any atom is 0.313 e. The van der Waals surface area contributed by atoms with Crippen LogP contribution in [0.5, 0.6) is 5.75 Å². The van der Waals surface area contributed by atoms with Gasteiger partial charge in [0.25, 0.3) is 0 Å². The molecule has 1 heterocycles. The molecule has 1 aromatic heterocycles. The standard InChI is InChI=1S/C26H32O5/c1-5-9-20(26(28)29-4)23-16-31-25-21(23)13-19(12-17(2)3)24(22(25)14-27)30-15-18-10-7-6-8-11-18/h6-8,10-11,13,16-17,20,27H,5,9,12,14-15H2,1-4H3. The fourth-order valence-corrected chi connectivity index (χ4v) is 4.05. The lowest BCUT2D eigenvalue weighted by atomic mass is 9.91. The molecule has 0 amide bonds. The van der Waals surface area contributed by atoms with Gasteiger partial charge < -0.3 is 19.0 Å². The zero-order valence-corrected chi connectivity index (χ0v) is 18.8. The van der Waals surface area contributed by atoms with Crippen LogP contribution in [0.15, 0.2) is 47.1 Å². The van der Waals surface area contributed by atoms with Gasteiger partial charge in [-0.25, -0.2) is 0 Å². The van der Waals surface area contributed by atoms with Gasteiger partial charge in [-0.2, -0.15) is 0 Å². The number of esters is 1. The van der Waals surface area contributed by atoms with E-state index in [0.29, 0.717) is 35.8 Å². The average Bonchev–Trinajstić information content (AvgIpc) is 3.18. The summed E-state index contributed by atoms with van der Waals surface area (Å²) in [6, 6.07) is 12.0. The van der Waals surface area contributed by atoms with E-state index in [1.807, 2.05) is 37.3 Å². The Morgan fingerprint density at radius 1 is 1.19 bits per heavy atom. The third kappa shape index (κ3) is 5.10. The van der Waals surface area contributed by atoms with Crippen molar-refractivity contribution in [2.75, 3.05) is 7.11 Å². The monoisotopic (exact) mass is 424 g/mol. The van der Waals surface area contributed by atoms with Crippen LogP contribution < -0.4 is 4.74 Å². The van der Waals surface area contributed by atoms with Gasteiger partial charge >= 0.3 is 5.97 Å². The van der Waals surface area contributed by atoms with Crippen molar-refractivity contribution in [3.63, 3.8) is 0 Å². The number of fused-ring (bicyclic) bond motifs is 1. The molecule has 0 aliphatic heterocycles. The van der Waals surface area contributed by atoms with E-state index in [9.17, 15) is 9.90 Å². The molecule has 0 saturated carbocycles. The normalized spacial score (nSPS) is 12.3. The number of rotatable bonds is 10. The Labute approximate surface area is 184 Å². The Bertz CT molecular complexity index is 1000. The number of ether oxygens (including phenoxy) is 2. The molecule has 3 aromatic rings. The zero-order valence-electron chi connectivity index (χ0n) is 18.8. The van der Waals surface area contributed by atoms with Crippen LogP contribution in [0.2, 0.25) is 0 Å². The summed E-state index contributed by atoms with van der Waals surface area (Å²) in [6.07, 6.45) is 3.92. The number of furan rings is 1. The Morgan fingerprint density at radius 3 is 2.55 bits per heavy atom. The van der Waals surface area contributed by atoms with E-state index < -0.39 is 5.92 Å². The molecule has 166 valence electrons. The van der Waals surface area contributed by atoms with Crippen LogP contribution in [-0.4, -0.2) is 18.2 Å². The molecule has 3 rings (SSSR count). The van der Waals surface area contributed by atoms with Crippen molar-refractivity contribution in [2.45, 2.75) is 59.2 Å². The molecule has 0 radical (unpaired) electrons. The SMILES string of the molecule is CCCC(C(=O)OC)c1coc2c(CO)c(OCc3ccccc3)c(CC(C)C)cc12. The van der Waals surface area contributed by atoms with Crippen LogP contribution in [-0.2, 0) is 29.2 Å². The van der Waals surface area contributed by atoms with Crippen LogP contribution in [0.25, 0.3) is 11.0 Å². The second kappa shape index (κ2) is 10.5. The maximum atomic E-state index is 12.4. The van der Waals surface area contributed by atoms with E-state index in [1.165, 1.54) is 7.11 Å². The summed E-state index contributed by atoms with van der Waals surface area (Å²) >= 11 is 0. The highest BCUT2D eigenvalue weighted by molar-refractivity contribution is 5.92. The van der Waals surface area contributed by atoms with E-state index in [1.54, 1.807) is 6.26 Å². The minimum atomic E-state index is -0.397. The maximum absolute atomic E-state index is 12.4. The molecule has 5 heteroatoms. The molecule has 2 aromatic carbocycles. The number of benzene rings is 2. The van der Waals surface area contributed by atoms with E-state index in [4.69, 9.17) is 13.9 Å². The summed E-state index contributed by atoms with van der Waals surface area (Å²) in [6.45, 7) is 6.52. The molecule has 0 spiro atoms. The van der Waals surface area contributed by atoms with Gasteiger partial charge in [-0.1, -0.05) is 57.5 Å². The van der Waals surface area contributed by atoms with E-state index in [0.717, 1.165) is 34.9 Å². The van der Waals surface area contributed by atoms with Crippen LogP contribution in [0.1, 0.15) is 61.8 Å². The summed E-state index contributed by atoms with van der Waals surface area (Å²) in [5, 5.41) is 11.1. The van der Waals surface area contributed by atoms with Gasteiger partial charge in [-0.3, -0.25) is 4.79 Å². The molecule has 1 N–H and O–H groups in total. The highest BCUT2D eigenvalue weighted by Crippen LogP contribution is 2.40. The molecule has 0 aliphatic rings. The minimum absolute atomic E-state index is 0.212. The number of aliphatic hydroxyl groups excluding tert-OH is 1. The molecule has 5 nitrogen and oxygen atoms in total. The third-order valence-electron chi connectivity index (χ3n) is 5.47. The largest absolute Gasteiger partial charge is 0.488 e. The summed E-state index contributed by atoms with van der Waals surface area (Å²) in [4.78, 5) is 12.4. The second-order valence-corrected chi connectivity index (χ2v) is 8.31. The summed E-state index contributed by atoms with van der Waals surface area (Å²) in [5.41, 5.74) is 4.05. The van der Waals surface area contributed by atoms with Crippen molar-refractivity contribution >= 4 is 16.9 Å². The van der Waals surface area contributed by atoms with Gasteiger partial charge in [-0.15, -0.1) is 0 Å². The van der Waals surface area contributed by atoms with Gasteiger partial charge in [0, 0.05) is 10.9 Å². The number of aliphatic hydroxyl groups is 1. The second-order valence-electron chi connectivity index (χ2n) is 8.31. The number of carbonyl (C=O) groups is 1. The molecular formula is C26H32O5. The quantitative estimate of drug-likeness (QED) is 0.419.